The summed E-state index contributed by atoms with van der Waals surface area (Å²) in [4.78, 5) is 73.5. The SMILES string of the molecule is COc1cccc(-c2cccc(C(=O)N3C[C@H]4CN5C(=O)[C@H](NC(=O)OC(C)(C)C)CCCCC/C=C\[C@H]6C[C@@]6(C(=O)NS(=O)(=O)C6CC6)NC(=O)[C@@H]5[C@H]4C3)c2)c1. The molecule has 2 aliphatic carbocycles. The van der Waals surface area contributed by atoms with Gasteiger partial charge < -0.3 is 29.9 Å². The van der Waals surface area contributed by atoms with Crippen molar-refractivity contribution in [3.63, 3.8) is 0 Å². The molecule has 6 atom stereocenters. The second-order valence-electron chi connectivity index (χ2n) is 17.1. The lowest BCUT2D eigenvalue weighted by Crippen LogP contribution is -2.60. The third-order valence-corrected chi connectivity index (χ3v) is 13.5. The highest BCUT2D eigenvalue weighted by molar-refractivity contribution is 7.91. The van der Waals surface area contributed by atoms with Gasteiger partial charge in [0.25, 0.3) is 11.8 Å². The number of allylic oxidation sites excluding steroid dienone is 1. The predicted octanol–water partition coefficient (Wildman–Crippen LogP) is 4.16. The van der Waals surface area contributed by atoms with E-state index in [-0.39, 0.29) is 37.9 Å². The first kappa shape index (κ1) is 40.3. The minimum atomic E-state index is -3.91. The van der Waals surface area contributed by atoms with E-state index in [0.29, 0.717) is 43.4 Å². The van der Waals surface area contributed by atoms with Crippen LogP contribution in [0.25, 0.3) is 11.1 Å². The minimum Gasteiger partial charge on any atom is -0.497 e. The number of rotatable bonds is 7. The first-order chi connectivity index (χ1) is 27.1. The molecule has 57 heavy (non-hydrogen) atoms. The Hall–Kier alpha value is -4.92. The van der Waals surface area contributed by atoms with Crippen molar-refractivity contribution >= 4 is 39.7 Å². The summed E-state index contributed by atoms with van der Waals surface area (Å²) in [7, 11) is -2.32. The Kier molecular flexibility index (Phi) is 11.2. The van der Waals surface area contributed by atoms with Crippen molar-refractivity contribution in [2.45, 2.75) is 101 Å². The van der Waals surface area contributed by atoms with Crippen LogP contribution in [0.3, 0.4) is 0 Å². The summed E-state index contributed by atoms with van der Waals surface area (Å²) >= 11 is 0. The number of carbonyl (C=O) groups excluding carboxylic acids is 5. The number of nitrogens with one attached hydrogen (secondary N) is 3. The van der Waals surface area contributed by atoms with Crippen LogP contribution in [0.4, 0.5) is 4.79 Å². The molecule has 2 aromatic rings. The number of sulfonamides is 1. The predicted molar refractivity (Wildman–Crippen MR) is 211 cm³/mol. The van der Waals surface area contributed by atoms with Crippen molar-refractivity contribution < 1.29 is 41.9 Å². The molecule has 2 saturated heterocycles. The number of alkyl carbamates (subject to hydrolysis) is 1. The number of amides is 5. The number of fused-ring (bicyclic) bond motifs is 4. The fourth-order valence-electron chi connectivity index (χ4n) is 8.50. The third-order valence-electron chi connectivity index (χ3n) is 11.7. The van der Waals surface area contributed by atoms with Gasteiger partial charge in [-0.15, -0.1) is 0 Å². The molecule has 3 heterocycles. The zero-order valence-electron chi connectivity index (χ0n) is 33.0. The molecule has 0 unspecified atom stereocenters. The highest BCUT2D eigenvalue weighted by atomic mass is 32.2. The molecule has 14 nitrogen and oxygen atoms in total. The van der Waals surface area contributed by atoms with Gasteiger partial charge in [-0.05, 0) is 94.7 Å². The van der Waals surface area contributed by atoms with Gasteiger partial charge in [-0.3, -0.25) is 23.9 Å². The van der Waals surface area contributed by atoms with Gasteiger partial charge in [-0.2, -0.15) is 0 Å². The highest BCUT2D eigenvalue weighted by Gasteiger charge is 2.63. The van der Waals surface area contributed by atoms with Crippen LogP contribution in [0.15, 0.2) is 60.7 Å². The van der Waals surface area contributed by atoms with Crippen LogP contribution < -0.4 is 20.1 Å². The summed E-state index contributed by atoms with van der Waals surface area (Å²) in [6.07, 6.45) is 7.40. The fourth-order valence-corrected chi connectivity index (χ4v) is 9.87. The average molecular weight is 804 g/mol. The van der Waals surface area contributed by atoms with Gasteiger partial charge in [-0.1, -0.05) is 49.3 Å². The maximum Gasteiger partial charge on any atom is 0.408 e. The van der Waals surface area contributed by atoms with Crippen LogP contribution in [0.1, 0.15) is 82.5 Å². The van der Waals surface area contributed by atoms with Crippen molar-refractivity contribution in [3.05, 3.63) is 66.2 Å². The van der Waals surface area contributed by atoms with Gasteiger partial charge in [0.15, 0.2) is 0 Å². The smallest absolute Gasteiger partial charge is 0.408 e. The maximum absolute atomic E-state index is 14.7. The molecule has 15 heteroatoms. The fraction of sp³-hybridized carbons (Fsp3) is 0.548. The number of nitrogens with zero attached hydrogens (tertiary/aromatic N) is 2. The number of methoxy groups -OCH3 is 1. The molecule has 0 radical (unpaired) electrons. The topological polar surface area (TPSA) is 181 Å². The first-order valence-corrected chi connectivity index (χ1v) is 21.5. The van der Waals surface area contributed by atoms with E-state index >= 15 is 0 Å². The van der Waals surface area contributed by atoms with Crippen LogP contribution in [0, 0.1) is 17.8 Å². The van der Waals surface area contributed by atoms with E-state index in [2.05, 4.69) is 15.4 Å². The largest absolute Gasteiger partial charge is 0.497 e. The second-order valence-corrected chi connectivity index (χ2v) is 19.1. The molecule has 2 saturated carbocycles. The first-order valence-electron chi connectivity index (χ1n) is 20.0. The summed E-state index contributed by atoms with van der Waals surface area (Å²) in [5.74, 6) is -2.61. The van der Waals surface area contributed by atoms with E-state index in [1.807, 2.05) is 54.6 Å². The van der Waals surface area contributed by atoms with Crippen LogP contribution in [0.5, 0.6) is 5.75 Å². The van der Waals surface area contributed by atoms with E-state index in [1.54, 1.807) is 38.8 Å². The lowest BCUT2D eigenvalue weighted by molar-refractivity contribution is -0.142. The molecule has 3 N–H and O–H groups in total. The Labute approximate surface area is 334 Å². The van der Waals surface area contributed by atoms with Gasteiger partial charge in [0.1, 0.15) is 29.0 Å². The highest BCUT2D eigenvalue weighted by Crippen LogP contribution is 2.47. The average Bonchev–Trinajstić information content (AvgIpc) is 4.06. The monoisotopic (exact) mass is 803 g/mol. The Bertz CT molecular complexity index is 2060. The third kappa shape index (κ3) is 8.82. The number of hydrogen-bond donors (Lipinski definition) is 3. The minimum absolute atomic E-state index is 0.139. The van der Waals surface area contributed by atoms with Crippen LogP contribution in [0.2, 0.25) is 0 Å². The molecule has 4 fully saturated rings. The number of hydrogen-bond acceptors (Lipinski definition) is 9. The molecule has 5 amide bonds. The van der Waals surface area contributed by atoms with Gasteiger partial charge in [-0.25, -0.2) is 13.2 Å². The van der Waals surface area contributed by atoms with Crippen LogP contribution in [-0.2, 0) is 29.1 Å². The van der Waals surface area contributed by atoms with Crippen molar-refractivity contribution in [1.29, 1.82) is 0 Å². The summed E-state index contributed by atoms with van der Waals surface area (Å²) in [6.45, 7) is 5.78. The number of benzene rings is 2. The van der Waals surface area contributed by atoms with Crippen molar-refractivity contribution in [2.75, 3.05) is 26.7 Å². The van der Waals surface area contributed by atoms with Crippen LogP contribution >= 0.6 is 0 Å². The van der Waals surface area contributed by atoms with Gasteiger partial charge in [0.2, 0.25) is 21.8 Å². The normalized spacial score (nSPS) is 28.4. The molecule has 0 spiro atoms. The molecule has 0 aromatic heterocycles. The maximum atomic E-state index is 14.7. The molecule has 306 valence electrons. The standard InChI is InChI=1S/C42H53N5O9S/c1-41(2,3)56-40(52)43-34-17-9-7-5-6-8-15-30-22-42(30,39(51)45-57(53,54)32-18-19-32)44-36(48)35-33-25-46(23-29(33)24-47(35)38(34)50)37(49)28-14-10-12-26(20-28)27-13-11-16-31(21-27)55-4/h8,10-16,20-21,29-30,32-35H,5-7,9,17-19,22-25H2,1-4H3,(H,43,52)(H,44,48)(H,45,51)/b15-8-/t29-,30-,33-,34+,35-,42+/m0/s1. The molecular weight excluding hydrogens is 751 g/mol. The Morgan fingerprint density at radius 3 is 2.39 bits per heavy atom. The van der Waals surface area contributed by atoms with E-state index < -0.39 is 74.1 Å². The van der Waals surface area contributed by atoms with Crippen molar-refractivity contribution in [2.24, 2.45) is 17.8 Å². The summed E-state index contributed by atoms with van der Waals surface area (Å²) in [5.41, 5.74) is -0.143. The second kappa shape index (κ2) is 15.8. The van der Waals surface area contributed by atoms with Crippen molar-refractivity contribution in [1.82, 2.24) is 25.2 Å². The van der Waals surface area contributed by atoms with Gasteiger partial charge in [0, 0.05) is 43.0 Å². The summed E-state index contributed by atoms with van der Waals surface area (Å²) in [6, 6.07) is 12.8. The molecule has 7 rings (SSSR count). The van der Waals surface area contributed by atoms with E-state index in [9.17, 15) is 32.4 Å². The van der Waals surface area contributed by atoms with E-state index in [0.717, 1.165) is 24.0 Å². The Morgan fingerprint density at radius 1 is 0.930 bits per heavy atom. The molecule has 5 aliphatic rings. The van der Waals surface area contributed by atoms with Gasteiger partial charge in [0.05, 0.1) is 12.4 Å². The van der Waals surface area contributed by atoms with E-state index in [1.165, 1.54) is 4.90 Å². The number of likely N-dealkylation sites (tertiary alicyclic amines) is 1. The van der Waals surface area contributed by atoms with Crippen molar-refractivity contribution in [3.8, 4) is 16.9 Å². The number of carbonyl (C=O) groups is 5. The van der Waals surface area contributed by atoms with E-state index in [4.69, 9.17) is 9.47 Å². The zero-order valence-corrected chi connectivity index (χ0v) is 33.8. The zero-order chi connectivity index (χ0) is 40.7. The molecule has 3 aliphatic heterocycles. The summed E-state index contributed by atoms with van der Waals surface area (Å²) in [5, 5.41) is 5.06. The molecular formula is C42H53N5O9S. The quantitative estimate of drug-likeness (QED) is 0.347. The molecule has 2 aromatic carbocycles. The van der Waals surface area contributed by atoms with Crippen LogP contribution in [-0.4, -0.2) is 103 Å². The lowest BCUT2D eigenvalue weighted by Gasteiger charge is -2.33. The van der Waals surface area contributed by atoms with Gasteiger partial charge >= 0.3 is 6.09 Å². The summed E-state index contributed by atoms with van der Waals surface area (Å²) < 4.78 is 39.0. The Morgan fingerprint density at radius 2 is 1.67 bits per heavy atom. The number of ether oxygens (including phenoxy) is 2. The Balaban J connectivity index is 1.18. The lowest BCUT2D eigenvalue weighted by atomic mass is 9.93. The molecule has 0 bridgehead atoms.